The Morgan fingerprint density at radius 2 is 1.95 bits per heavy atom. The number of piperidine rings is 1. The molecule has 0 aromatic rings. The third-order valence-electron chi connectivity index (χ3n) is 3.66. The highest BCUT2D eigenvalue weighted by atomic mass is 16.5. The summed E-state index contributed by atoms with van der Waals surface area (Å²) in [5.41, 5.74) is 0. The number of hydrogen-bond acceptors (Lipinski definition) is 4. The lowest BCUT2D eigenvalue weighted by molar-refractivity contribution is -0.145. The van der Waals surface area contributed by atoms with Gasteiger partial charge in [0.1, 0.15) is 6.10 Å². The summed E-state index contributed by atoms with van der Waals surface area (Å²) < 4.78 is 5.06. The SMILES string of the molecule is CC(=O)O[C@H]1CC(=O)N(CC#CCN2CCCCC2)C1. The van der Waals surface area contributed by atoms with E-state index in [0.29, 0.717) is 13.1 Å². The normalized spacial score (nSPS) is 23.4. The van der Waals surface area contributed by atoms with Gasteiger partial charge in [-0.2, -0.15) is 0 Å². The van der Waals surface area contributed by atoms with Gasteiger partial charge in [0.25, 0.3) is 0 Å². The largest absolute Gasteiger partial charge is 0.460 e. The molecule has 0 unspecified atom stereocenters. The van der Waals surface area contributed by atoms with Gasteiger partial charge in [-0.05, 0) is 25.9 Å². The number of amides is 1. The molecule has 5 nitrogen and oxygen atoms in total. The van der Waals surface area contributed by atoms with Gasteiger partial charge >= 0.3 is 5.97 Å². The third kappa shape index (κ3) is 4.53. The molecule has 2 saturated heterocycles. The summed E-state index contributed by atoms with van der Waals surface area (Å²) in [6.07, 6.45) is 3.83. The second kappa shape index (κ2) is 7.30. The van der Waals surface area contributed by atoms with Crippen molar-refractivity contribution < 1.29 is 14.3 Å². The van der Waals surface area contributed by atoms with Gasteiger partial charge in [0.2, 0.25) is 5.91 Å². The summed E-state index contributed by atoms with van der Waals surface area (Å²) in [7, 11) is 0. The van der Waals surface area contributed by atoms with Gasteiger partial charge in [0.05, 0.1) is 26.1 Å². The molecule has 2 aliphatic heterocycles. The van der Waals surface area contributed by atoms with Crippen molar-refractivity contribution in [1.82, 2.24) is 9.80 Å². The predicted octanol–water partition coefficient (Wildman–Crippen LogP) is 0.640. The lowest BCUT2D eigenvalue weighted by atomic mass is 10.1. The highest BCUT2D eigenvalue weighted by Gasteiger charge is 2.30. The molecule has 0 aromatic heterocycles. The van der Waals surface area contributed by atoms with Crippen LogP contribution in [0.15, 0.2) is 0 Å². The molecule has 0 saturated carbocycles. The lowest BCUT2D eigenvalue weighted by Crippen LogP contribution is -2.30. The highest BCUT2D eigenvalue weighted by molar-refractivity contribution is 5.80. The van der Waals surface area contributed by atoms with Crippen LogP contribution in [0.4, 0.5) is 0 Å². The molecule has 20 heavy (non-hydrogen) atoms. The number of carbonyl (C=O) groups is 2. The number of ether oxygens (including phenoxy) is 1. The van der Waals surface area contributed by atoms with Crippen molar-refractivity contribution >= 4 is 11.9 Å². The minimum Gasteiger partial charge on any atom is -0.460 e. The highest BCUT2D eigenvalue weighted by Crippen LogP contribution is 2.13. The monoisotopic (exact) mass is 278 g/mol. The second-order valence-corrected chi connectivity index (χ2v) is 5.40. The van der Waals surface area contributed by atoms with Gasteiger partial charge in [-0.15, -0.1) is 0 Å². The van der Waals surface area contributed by atoms with Gasteiger partial charge in [-0.25, -0.2) is 0 Å². The van der Waals surface area contributed by atoms with Gasteiger partial charge in [-0.1, -0.05) is 18.3 Å². The summed E-state index contributed by atoms with van der Waals surface area (Å²) in [4.78, 5) is 26.6. The predicted molar refractivity (Wildman–Crippen MR) is 74.8 cm³/mol. The summed E-state index contributed by atoms with van der Waals surface area (Å²) in [6, 6.07) is 0. The van der Waals surface area contributed by atoms with E-state index in [1.165, 1.54) is 26.2 Å². The van der Waals surface area contributed by atoms with E-state index in [9.17, 15) is 9.59 Å². The van der Waals surface area contributed by atoms with Crippen LogP contribution in [0.25, 0.3) is 0 Å². The van der Waals surface area contributed by atoms with E-state index in [4.69, 9.17) is 4.74 Å². The smallest absolute Gasteiger partial charge is 0.302 e. The minimum absolute atomic E-state index is 0.0172. The zero-order valence-corrected chi connectivity index (χ0v) is 12.1. The minimum atomic E-state index is -0.333. The first-order valence-electron chi connectivity index (χ1n) is 7.28. The fourth-order valence-electron chi connectivity index (χ4n) is 2.64. The molecule has 0 radical (unpaired) electrons. The van der Waals surface area contributed by atoms with Crippen molar-refractivity contribution in [1.29, 1.82) is 0 Å². The molecule has 2 heterocycles. The van der Waals surface area contributed by atoms with Crippen LogP contribution < -0.4 is 0 Å². The van der Waals surface area contributed by atoms with E-state index in [1.807, 2.05) is 0 Å². The Morgan fingerprint density at radius 1 is 1.25 bits per heavy atom. The zero-order chi connectivity index (χ0) is 14.4. The number of carbonyl (C=O) groups excluding carboxylic acids is 2. The Hall–Kier alpha value is -1.54. The van der Waals surface area contributed by atoms with Gasteiger partial charge in [0.15, 0.2) is 0 Å². The van der Waals surface area contributed by atoms with Crippen LogP contribution in [-0.4, -0.2) is 60.5 Å². The summed E-state index contributed by atoms with van der Waals surface area (Å²) >= 11 is 0. The molecule has 0 bridgehead atoms. The molecule has 0 aliphatic carbocycles. The van der Waals surface area contributed by atoms with Crippen LogP contribution in [0.1, 0.15) is 32.6 Å². The molecule has 0 aromatic carbocycles. The molecule has 1 amide bonds. The van der Waals surface area contributed by atoms with Crippen LogP contribution >= 0.6 is 0 Å². The summed E-state index contributed by atoms with van der Waals surface area (Å²) in [5.74, 6) is 5.87. The Kier molecular flexibility index (Phi) is 5.42. The first kappa shape index (κ1) is 14.9. The Labute approximate surface area is 120 Å². The molecule has 0 N–H and O–H groups in total. The van der Waals surface area contributed by atoms with Crippen LogP contribution in [0.3, 0.4) is 0 Å². The first-order valence-corrected chi connectivity index (χ1v) is 7.28. The Balaban J connectivity index is 1.71. The standard InChI is InChI=1S/C15H22N2O3/c1-13(18)20-14-11-15(19)17(12-14)10-6-5-9-16-7-3-2-4-8-16/h14H,2-4,7-12H2,1H3/t14-/m0/s1. The van der Waals surface area contributed by atoms with Crippen molar-refractivity contribution in [2.75, 3.05) is 32.7 Å². The number of esters is 1. The van der Waals surface area contributed by atoms with Gasteiger partial charge in [0, 0.05) is 6.92 Å². The van der Waals surface area contributed by atoms with E-state index in [1.54, 1.807) is 4.90 Å². The average molecular weight is 278 g/mol. The van der Waals surface area contributed by atoms with Crippen molar-refractivity contribution in [2.45, 2.75) is 38.7 Å². The number of likely N-dealkylation sites (tertiary alicyclic amines) is 2. The van der Waals surface area contributed by atoms with Crippen LogP contribution in [0.5, 0.6) is 0 Å². The number of rotatable bonds is 3. The van der Waals surface area contributed by atoms with Crippen molar-refractivity contribution in [3.63, 3.8) is 0 Å². The molecule has 2 fully saturated rings. The first-order chi connectivity index (χ1) is 9.65. The maximum Gasteiger partial charge on any atom is 0.302 e. The van der Waals surface area contributed by atoms with E-state index in [-0.39, 0.29) is 24.4 Å². The molecular weight excluding hydrogens is 256 g/mol. The Bertz CT molecular complexity index is 419. The van der Waals surface area contributed by atoms with Crippen molar-refractivity contribution in [3.8, 4) is 11.8 Å². The maximum atomic E-state index is 11.7. The van der Waals surface area contributed by atoms with E-state index in [2.05, 4.69) is 16.7 Å². The fraction of sp³-hybridized carbons (Fsp3) is 0.733. The van der Waals surface area contributed by atoms with Gasteiger partial charge < -0.3 is 9.64 Å². The quantitative estimate of drug-likeness (QED) is 0.561. The zero-order valence-electron chi connectivity index (χ0n) is 12.1. The lowest BCUT2D eigenvalue weighted by Gasteiger charge is -2.23. The van der Waals surface area contributed by atoms with E-state index in [0.717, 1.165) is 19.6 Å². The molecule has 5 heteroatoms. The van der Waals surface area contributed by atoms with E-state index < -0.39 is 0 Å². The third-order valence-corrected chi connectivity index (χ3v) is 3.66. The number of nitrogens with zero attached hydrogens (tertiary/aromatic N) is 2. The topological polar surface area (TPSA) is 49.9 Å². The fourth-order valence-corrected chi connectivity index (χ4v) is 2.64. The molecule has 2 aliphatic rings. The summed E-state index contributed by atoms with van der Waals surface area (Å²) in [5, 5.41) is 0. The van der Waals surface area contributed by atoms with Crippen molar-refractivity contribution in [2.24, 2.45) is 0 Å². The second-order valence-electron chi connectivity index (χ2n) is 5.40. The van der Waals surface area contributed by atoms with Crippen molar-refractivity contribution in [3.05, 3.63) is 0 Å². The van der Waals surface area contributed by atoms with Crippen LogP contribution in [0, 0.1) is 11.8 Å². The molecular formula is C15H22N2O3. The van der Waals surface area contributed by atoms with E-state index >= 15 is 0 Å². The number of hydrogen-bond donors (Lipinski definition) is 0. The molecule has 1 atom stereocenters. The maximum absolute atomic E-state index is 11.7. The van der Waals surface area contributed by atoms with Crippen LogP contribution in [-0.2, 0) is 14.3 Å². The molecule has 0 spiro atoms. The van der Waals surface area contributed by atoms with Gasteiger partial charge in [-0.3, -0.25) is 14.5 Å². The average Bonchev–Trinajstić information content (AvgIpc) is 2.75. The molecule has 110 valence electrons. The van der Waals surface area contributed by atoms with Crippen LogP contribution in [0.2, 0.25) is 0 Å². The molecule has 2 rings (SSSR count). The Morgan fingerprint density at radius 3 is 2.65 bits per heavy atom. The summed E-state index contributed by atoms with van der Waals surface area (Å²) in [6.45, 7) is 5.32.